The third-order valence-corrected chi connectivity index (χ3v) is 8.05. The molecule has 0 spiro atoms. The van der Waals surface area contributed by atoms with Crippen LogP contribution in [0, 0.1) is 32.6 Å². The van der Waals surface area contributed by atoms with Gasteiger partial charge in [-0.3, -0.25) is 4.79 Å². The fraction of sp³-hybridized carbons (Fsp3) is 0.682. The molecule has 29 heavy (non-hydrogen) atoms. The van der Waals surface area contributed by atoms with Gasteiger partial charge in [-0.05, 0) is 69.9 Å². The lowest BCUT2D eigenvalue weighted by Gasteiger charge is -2.31. The van der Waals surface area contributed by atoms with E-state index in [2.05, 4.69) is 5.32 Å². The van der Waals surface area contributed by atoms with Crippen molar-refractivity contribution in [3.05, 3.63) is 28.8 Å². The minimum Gasteiger partial charge on any atom is -0.381 e. The SMILES string of the molecule is Cc1cc(C)c(S(=O)(=O)N2CCC(C(=O)NCCCOCC3CC3)CC2)c(C)c1. The summed E-state index contributed by atoms with van der Waals surface area (Å²) in [6, 6.07) is 3.82. The van der Waals surface area contributed by atoms with Gasteiger partial charge in [-0.2, -0.15) is 4.31 Å². The zero-order valence-electron chi connectivity index (χ0n) is 17.9. The second-order valence-corrected chi connectivity index (χ2v) is 10.4. The van der Waals surface area contributed by atoms with Crippen LogP contribution in [0.15, 0.2) is 17.0 Å². The van der Waals surface area contributed by atoms with Gasteiger partial charge >= 0.3 is 0 Å². The van der Waals surface area contributed by atoms with Crippen LogP contribution in [0.2, 0.25) is 0 Å². The fourth-order valence-corrected chi connectivity index (χ4v) is 6.01. The molecule has 1 N–H and O–H groups in total. The fourth-order valence-electron chi connectivity index (χ4n) is 4.13. The van der Waals surface area contributed by atoms with Crippen molar-refractivity contribution in [2.45, 2.75) is 57.8 Å². The Hall–Kier alpha value is -1.44. The molecule has 1 saturated carbocycles. The van der Waals surface area contributed by atoms with E-state index in [1.54, 1.807) is 0 Å². The van der Waals surface area contributed by atoms with Crippen molar-refractivity contribution in [1.82, 2.24) is 9.62 Å². The lowest BCUT2D eigenvalue weighted by molar-refractivity contribution is -0.126. The summed E-state index contributed by atoms with van der Waals surface area (Å²) in [6.45, 7) is 8.59. The van der Waals surface area contributed by atoms with Crippen molar-refractivity contribution in [1.29, 1.82) is 0 Å². The van der Waals surface area contributed by atoms with E-state index in [0.29, 0.717) is 44.0 Å². The number of hydrogen-bond donors (Lipinski definition) is 1. The molecule has 0 bridgehead atoms. The smallest absolute Gasteiger partial charge is 0.243 e. The van der Waals surface area contributed by atoms with Crippen LogP contribution in [0.25, 0.3) is 0 Å². The van der Waals surface area contributed by atoms with E-state index >= 15 is 0 Å². The molecule has 1 aliphatic carbocycles. The molecule has 2 aliphatic rings. The number of ether oxygens (including phenoxy) is 1. The molecule has 0 radical (unpaired) electrons. The second kappa shape index (κ2) is 9.58. The summed E-state index contributed by atoms with van der Waals surface area (Å²) in [5.74, 6) is 0.680. The maximum absolute atomic E-state index is 13.2. The van der Waals surface area contributed by atoms with Crippen LogP contribution in [0.4, 0.5) is 0 Å². The minimum absolute atomic E-state index is 0.0342. The highest BCUT2D eigenvalue weighted by Gasteiger charge is 2.33. The van der Waals surface area contributed by atoms with Crippen molar-refractivity contribution < 1.29 is 17.9 Å². The molecule has 0 aromatic heterocycles. The van der Waals surface area contributed by atoms with E-state index in [1.165, 1.54) is 17.1 Å². The summed E-state index contributed by atoms with van der Waals surface area (Å²) < 4.78 is 33.4. The number of nitrogens with zero attached hydrogens (tertiary/aromatic N) is 1. The van der Waals surface area contributed by atoms with Crippen molar-refractivity contribution in [2.75, 3.05) is 32.8 Å². The number of sulfonamides is 1. The molecule has 1 heterocycles. The van der Waals surface area contributed by atoms with Gasteiger partial charge in [0.05, 0.1) is 4.90 Å². The lowest BCUT2D eigenvalue weighted by Crippen LogP contribution is -2.43. The molecule has 1 aromatic carbocycles. The van der Waals surface area contributed by atoms with Crippen molar-refractivity contribution >= 4 is 15.9 Å². The van der Waals surface area contributed by atoms with Crippen molar-refractivity contribution in [3.8, 4) is 0 Å². The van der Waals surface area contributed by atoms with Crippen LogP contribution in [0.3, 0.4) is 0 Å². The largest absolute Gasteiger partial charge is 0.381 e. The predicted octanol–water partition coefficient (Wildman–Crippen LogP) is 2.95. The van der Waals surface area contributed by atoms with E-state index in [1.807, 2.05) is 32.9 Å². The highest BCUT2D eigenvalue weighted by Crippen LogP contribution is 2.29. The first-order chi connectivity index (χ1) is 13.8. The van der Waals surface area contributed by atoms with Gasteiger partial charge in [0, 0.05) is 38.8 Å². The van der Waals surface area contributed by atoms with Crippen LogP contribution < -0.4 is 5.32 Å². The third-order valence-electron chi connectivity index (χ3n) is 5.84. The first kappa shape index (κ1) is 22.2. The Kier molecular flexibility index (Phi) is 7.35. The maximum Gasteiger partial charge on any atom is 0.243 e. The average molecular weight is 423 g/mol. The molecule has 6 nitrogen and oxygen atoms in total. The minimum atomic E-state index is -3.53. The molecule has 0 atom stereocenters. The number of nitrogens with one attached hydrogen (secondary N) is 1. The van der Waals surface area contributed by atoms with Gasteiger partial charge in [-0.25, -0.2) is 8.42 Å². The van der Waals surface area contributed by atoms with E-state index in [9.17, 15) is 13.2 Å². The molecule has 162 valence electrons. The zero-order valence-corrected chi connectivity index (χ0v) is 18.7. The summed E-state index contributed by atoms with van der Waals surface area (Å²) in [5, 5.41) is 2.98. The van der Waals surface area contributed by atoms with Crippen molar-refractivity contribution in [3.63, 3.8) is 0 Å². The molecule has 1 saturated heterocycles. The van der Waals surface area contributed by atoms with Gasteiger partial charge in [0.25, 0.3) is 0 Å². The summed E-state index contributed by atoms with van der Waals surface area (Å²) in [5.41, 5.74) is 2.63. The second-order valence-electron chi connectivity index (χ2n) is 8.57. The first-order valence-electron chi connectivity index (χ1n) is 10.7. The Morgan fingerprint density at radius 1 is 1.10 bits per heavy atom. The molecule has 1 aliphatic heterocycles. The topological polar surface area (TPSA) is 75.7 Å². The normalized spacial score (nSPS) is 18.7. The third kappa shape index (κ3) is 5.80. The molecular weight excluding hydrogens is 388 g/mol. The van der Waals surface area contributed by atoms with E-state index < -0.39 is 10.0 Å². The number of carbonyl (C=O) groups is 1. The number of amides is 1. The van der Waals surface area contributed by atoms with E-state index in [-0.39, 0.29) is 11.8 Å². The molecule has 1 aromatic rings. The van der Waals surface area contributed by atoms with E-state index in [4.69, 9.17) is 4.74 Å². The number of benzene rings is 1. The van der Waals surface area contributed by atoms with Gasteiger partial charge in [0.1, 0.15) is 0 Å². The summed E-state index contributed by atoms with van der Waals surface area (Å²) in [6.07, 6.45) is 4.51. The van der Waals surface area contributed by atoms with Gasteiger partial charge in [-0.1, -0.05) is 17.7 Å². The predicted molar refractivity (Wildman–Crippen MR) is 113 cm³/mol. The highest BCUT2D eigenvalue weighted by molar-refractivity contribution is 7.89. The Balaban J connectivity index is 1.46. The highest BCUT2D eigenvalue weighted by atomic mass is 32.2. The summed E-state index contributed by atoms with van der Waals surface area (Å²) >= 11 is 0. The van der Waals surface area contributed by atoms with Gasteiger partial charge in [-0.15, -0.1) is 0 Å². The standard InChI is InChI=1S/C22H34N2O4S/c1-16-13-17(2)21(18(3)14-16)29(26,27)24-10-7-20(8-11-24)22(25)23-9-4-12-28-15-19-5-6-19/h13-14,19-20H,4-12,15H2,1-3H3,(H,23,25). The molecule has 3 rings (SSSR count). The summed E-state index contributed by atoms with van der Waals surface area (Å²) in [4.78, 5) is 12.8. The number of rotatable bonds is 9. The average Bonchev–Trinajstić information content (AvgIpc) is 3.47. The zero-order chi connectivity index (χ0) is 21.0. The van der Waals surface area contributed by atoms with Crippen molar-refractivity contribution in [2.24, 2.45) is 11.8 Å². The number of aryl methyl sites for hydroxylation is 3. The Bertz CT molecular complexity index is 802. The van der Waals surface area contributed by atoms with Crippen LogP contribution in [-0.2, 0) is 19.6 Å². The molecule has 0 unspecified atom stereocenters. The van der Waals surface area contributed by atoms with Gasteiger partial charge in [0.2, 0.25) is 15.9 Å². The quantitative estimate of drug-likeness (QED) is 0.621. The molecule has 2 fully saturated rings. The number of hydrogen-bond acceptors (Lipinski definition) is 4. The molecule has 1 amide bonds. The van der Waals surface area contributed by atoms with Crippen LogP contribution in [-0.4, -0.2) is 51.5 Å². The van der Waals surface area contributed by atoms with Crippen LogP contribution >= 0.6 is 0 Å². The van der Waals surface area contributed by atoms with Crippen LogP contribution in [0.1, 0.15) is 48.8 Å². The van der Waals surface area contributed by atoms with Gasteiger partial charge in [0.15, 0.2) is 0 Å². The van der Waals surface area contributed by atoms with E-state index in [0.717, 1.165) is 35.6 Å². The summed E-state index contributed by atoms with van der Waals surface area (Å²) in [7, 11) is -3.53. The first-order valence-corrected chi connectivity index (χ1v) is 12.2. The maximum atomic E-state index is 13.2. The molecule has 7 heteroatoms. The van der Waals surface area contributed by atoms with Crippen LogP contribution in [0.5, 0.6) is 0 Å². The molecular formula is C22H34N2O4S. The Labute approximate surface area is 175 Å². The number of piperidine rings is 1. The lowest BCUT2D eigenvalue weighted by atomic mass is 9.97. The monoisotopic (exact) mass is 422 g/mol. The van der Waals surface area contributed by atoms with Gasteiger partial charge < -0.3 is 10.1 Å². The Morgan fingerprint density at radius 2 is 1.72 bits per heavy atom. The number of carbonyl (C=O) groups excluding carboxylic acids is 1. The Morgan fingerprint density at radius 3 is 2.31 bits per heavy atom.